The van der Waals surface area contributed by atoms with E-state index in [0.717, 1.165) is 24.2 Å². The number of hydrogen-bond acceptors (Lipinski definition) is 6. The fourth-order valence-corrected chi connectivity index (χ4v) is 4.14. The molecule has 6 nitrogen and oxygen atoms in total. The number of unbranched alkanes of at least 4 members (excludes halogenated alkanes) is 3. The third kappa shape index (κ3) is 5.44. The summed E-state index contributed by atoms with van der Waals surface area (Å²) in [5, 5.41) is 0. The standard InChI is InChI=1S/C19H32O6Si/c1-6-7-8-9-12-19(2)24-14-16-13-17(10-11-18(16)25-19)23-15-26(20-3,21-4)22-5/h10-11,13H,6-9,12,14-15H2,1-5H3. The quantitative estimate of drug-likeness (QED) is 0.423. The van der Waals surface area contributed by atoms with Gasteiger partial charge in [0.1, 0.15) is 11.5 Å². The van der Waals surface area contributed by atoms with E-state index >= 15 is 0 Å². The summed E-state index contributed by atoms with van der Waals surface area (Å²) in [5.74, 6) is 1.02. The number of rotatable bonds is 11. The Hall–Kier alpha value is -1.12. The van der Waals surface area contributed by atoms with Crippen LogP contribution in [0.15, 0.2) is 18.2 Å². The maximum Gasteiger partial charge on any atom is 0.539 e. The van der Waals surface area contributed by atoms with Gasteiger partial charge in [0, 0.05) is 40.2 Å². The van der Waals surface area contributed by atoms with E-state index in [1.165, 1.54) is 19.3 Å². The topological polar surface area (TPSA) is 55.4 Å². The number of hydrogen-bond donors (Lipinski definition) is 0. The average Bonchev–Trinajstić information content (AvgIpc) is 2.67. The Kier molecular flexibility index (Phi) is 7.91. The Balaban J connectivity index is 1.96. The summed E-state index contributed by atoms with van der Waals surface area (Å²) in [7, 11) is 1.94. The van der Waals surface area contributed by atoms with E-state index < -0.39 is 14.6 Å². The summed E-state index contributed by atoms with van der Waals surface area (Å²) in [6, 6.07) is 5.76. The summed E-state index contributed by atoms with van der Waals surface area (Å²) in [6.07, 6.45) is 5.94. The van der Waals surface area contributed by atoms with Crippen molar-refractivity contribution >= 4 is 8.80 Å². The molecule has 1 aliphatic heterocycles. The highest BCUT2D eigenvalue weighted by molar-refractivity contribution is 6.60. The van der Waals surface area contributed by atoms with E-state index in [9.17, 15) is 0 Å². The van der Waals surface area contributed by atoms with E-state index in [1.807, 2.05) is 25.1 Å². The van der Waals surface area contributed by atoms with Gasteiger partial charge in [-0.2, -0.15) is 0 Å². The van der Waals surface area contributed by atoms with Crippen molar-refractivity contribution in [1.82, 2.24) is 0 Å². The molecule has 0 N–H and O–H groups in total. The van der Waals surface area contributed by atoms with Crippen LogP contribution in [0, 0.1) is 0 Å². The molecule has 1 aromatic rings. The normalized spacial score (nSPS) is 19.7. The lowest BCUT2D eigenvalue weighted by Gasteiger charge is -2.36. The molecule has 0 fully saturated rings. The van der Waals surface area contributed by atoms with Crippen LogP contribution in [0.4, 0.5) is 0 Å². The van der Waals surface area contributed by atoms with Crippen molar-refractivity contribution in [2.45, 2.75) is 58.3 Å². The van der Waals surface area contributed by atoms with Crippen molar-refractivity contribution in [3.05, 3.63) is 23.8 Å². The van der Waals surface area contributed by atoms with Gasteiger partial charge in [-0.15, -0.1) is 0 Å². The maximum absolute atomic E-state index is 6.12. The molecule has 7 heteroatoms. The highest BCUT2D eigenvalue weighted by Gasteiger charge is 2.39. The van der Waals surface area contributed by atoms with E-state index in [2.05, 4.69) is 6.92 Å². The van der Waals surface area contributed by atoms with Crippen LogP contribution in [-0.2, 0) is 24.6 Å². The predicted octanol–water partition coefficient (Wildman–Crippen LogP) is 4.08. The van der Waals surface area contributed by atoms with Gasteiger partial charge in [-0.05, 0) is 24.6 Å². The molecule has 1 unspecified atom stereocenters. The van der Waals surface area contributed by atoms with Crippen molar-refractivity contribution in [1.29, 1.82) is 0 Å². The minimum absolute atomic E-state index is 0.242. The molecule has 0 aromatic heterocycles. The van der Waals surface area contributed by atoms with Crippen molar-refractivity contribution in [3.63, 3.8) is 0 Å². The summed E-state index contributed by atoms with van der Waals surface area (Å²) in [6.45, 7) is 4.74. The lowest BCUT2D eigenvalue weighted by atomic mass is 10.1. The second-order valence-electron chi connectivity index (χ2n) is 6.69. The Labute approximate surface area is 158 Å². The molecule has 1 aromatic carbocycles. The van der Waals surface area contributed by atoms with Gasteiger partial charge in [0.2, 0.25) is 5.79 Å². The van der Waals surface area contributed by atoms with Crippen molar-refractivity contribution in [2.24, 2.45) is 0 Å². The first-order chi connectivity index (χ1) is 12.5. The molecule has 0 bridgehead atoms. The van der Waals surface area contributed by atoms with Crippen LogP contribution in [0.25, 0.3) is 0 Å². The SMILES string of the molecule is CCCCCCC1(C)OCc2cc(OC[Si](OC)(OC)OC)ccc2O1. The first-order valence-corrected chi connectivity index (χ1v) is 11.2. The lowest BCUT2D eigenvalue weighted by Crippen LogP contribution is -2.49. The fraction of sp³-hybridized carbons (Fsp3) is 0.684. The van der Waals surface area contributed by atoms with Crippen molar-refractivity contribution in [3.8, 4) is 11.5 Å². The second kappa shape index (κ2) is 9.71. The molecule has 1 heterocycles. The average molecular weight is 385 g/mol. The van der Waals surface area contributed by atoms with Crippen LogP contribution >= 0.6 is 0 Å². The molecular weight excluding hydrogens is 352 g/mol. The summed E-state index contributed by atoms with van der Waals surface area (Å²) >= 11 is 0. The van der Waals surface area contributed by atoms with Gasteiger partial charge in [0.25, 0.3) is 0 Å². The van der Waals surface area contributed by atoms with Gasteiger partial charge in [-0.1, -0.05) is 26.2 Å². The first-order valence-electron chi connectivity index (χ1n) is 9.24. The summed E-state index contributed by atoms with van der Waals surface area (Å²) in [5.41, 5.74) is 0.980. The highest BCUT2D eigenvalue weighted by Crippen LogP contribution is 2.36. The van der Waals surface area contributed by atoms with Crippen LogP contribution in [0.2, 0.25) is 0 Å². The number of benzene rings is 1. The van der Waals surface area contributed by atoms with Crippen molar-refractivity contribution < 1.29 is 27.5 Å². The number of fused-ring (bicyclic) bond motifs is 1. The van der Waals surface area contributed by atoms with Crippen LogP contribution in [0.3, 0.4) is 0 Å². The molecule has 148 valence electrons. The Morgan fingerprint density at radius 3 is 2.46 bits per heavy atom. The minimum atomic E-state index is -2.77. The van der Waals surface area contributed by atoms with Crippen LogP contribution in [-0.4, -0.2) is 42.2 Å². The molecule has 0 aliphatic carbocycles. The third-order valence-electron chi connectivity index (χ3n) is 4.72. The van der Waals surface area contributed by atoms with Crippen molar-refractivity contribution in [2.75, 3.05) is 27.6 Å². The van der Waals surface area contributed by atoms with Gasteiger partial charge >= 0.3 is 8.80 Å². The van der Waals surface area contributed by atoms with Gasteiger partial charge in [-0.25, -0.2) is 0 Å². The predicted molar refractivity (Wildman–Crippen MR) is 101 cm³/mol. The molecule has 0 amide bonds. The van der Waals surface area contributed by atoms with Crippen LogP contribution in [0.1, 0.15) is 51.5 Å². The van der Waals surface area contributed by atoms with E-state index in [4.69, 9.17) is 27.5 Å². The fourth-order valence-electron chi connectivity index (χ4n) is 2.95. The minimum Gasteiger partial charge on any atom is -0.489 e. The van der Waals surface area contributed by atoms with E-state index in [0.29, 0.717) is 12.4 Å². The van der Waals surface area contributed by atoms with Gasteiger partial charge in [0.15, 0.2) is 6.23 Å². The van der Waals surface area contributed by atoms with E-state index in [1.54, 1.807) is 21.3 Å². The number of ether oxygens (including phenoxy) is 3. The molecular formula is C19H32O6Si. The summed E-state index contributed by atoms with van der Waals surface area (Å²) < 4.78 is 34.1. The lowest BCUT2D eigenvalue weighted by molar-refractivity contribution is -0.198. The van der Waals surface area contributed by atoms with Gasteiger partial charge < -0.3 is 27.5 Å². The zero-order valence-corrected chi connectivity index (χ0v) is 17.6. The zero-order chi connectivity index (χ0) is 19.0. The Morgan fingerprint density at radius 1 is 1.08 bits per heavy atom. The van der Waals surface area contributed by atoms with Gasteiger partial charge in [-0.3, -0.25) is 0 Å². The third-order valence-corrected chi connectivity index (χ3v) is 7.09. The first kappa shape index (κ1) is 21.2. The van der Waals surface area contributed by atoms with E-state index in [-0.39, 0.29) is 6.23 Å². The molecule has 0 radical (unpaired) electrons. The largest absolute Gasteiger partial charge is 0.539 e. The molecule has 0 spiro atoms. The highest BCUT2D eigenvalue weighted by atomic mass is 28.4. The molecule has 1 aliphatic rings. The monoisotopic (exact) mass is 384 g/mol. The second-order valence-corrected chi connectivity index (χ2v) is 9.57. The van der Waals surface area contributed by atoms with Crippen LogP contribution < -0.4 is 9.47 Å². The zero-order valence-electron chi connectivity index (χ0n) is 16.6. The Morgan fingerprint density at radius 2 is 1.81 bits per heavy atom. The van der Waals surface area contributed by atoms with Gasteiger partial charge in [0.05, 0.1) is 6.61 Å². The van der Waals surface area contributed by atoms with Crippen LogP contribution in [0.5, 0.6) is 11.5 Å². The smallest absolute Gasteiger partial charge is 0.489 e. The maximum atomic E-state index is 6.12. The molecule has 26 heavy (non-hydrogen) atoms. The molecule has 2 rings (SSSR count). The molecule has 0 saturated heterocycles. The Bertz CT molecular complexity index is 555. The molecule has 0 saturated carbocycles. The summed E-state index contributed by atoms with van der Waals surface area (Å²) in [4.78, 5) is 0. The molecule has 1 atom stereocenters.